The van der Waals surface area contributed by atoms with Crippen LogP contribution in [0.15, 0.2) is 36.5 Å². The number of nitrogens with zero attached hydrogens (tertiary/aromatic N) is 2. The van der Waals surface area contributed by atoms with Crippen LogP contribution in [0.1, 0.15) is 13.8 Å². The molecule has 100 valence electrons. The number of hydrogen-bond donors (Lipinski definition) is 1. The molecule has 1 unspecified atom stereocenters. The molecule has 1 aliphatic rings. The van der Waals surface area contributed by atoms with E-state index >= 15 is 0 Å². The van der Waals surface area contributed by atoms with Gasteiger partial charge in [0.25, 0.3) is 0 Å². The first-order chi connectivity index (χ1) is 9.24. The molecule has 1 aromatic heterocycles. The van der Waals surface area contributed by atoms with Gasteiger partial charge in [-0.3, -0.25) is 4.98 Å². The molecule has 2 heterocycles. The van der Waals surface area contributed by atoms with Crippen molar-refractivity contribution < 1.29 is 0 Å². The topological polar surface area (TPSA) is 28.2 Å². The molecule has 1 atom stereocenters. The molecular weight excluding hydrogens is 234 g/mol. The van der Waals surface area contributed by atoms with Crippen molar-refractivity contribution in [2.24, 2.45) is 5.92 Å². The van der Waals surface area contributed by atoms with E-state index in [1.165, 1.54) is 11.1 Å². The summed E-state index contributed by atoms with van der Waals surface area (Å²) in [6.07, 6.45) is 2.00. The van der Waals surface area contributed by atoms with Gasteiger partial charge in [-0.25, -0.2) is 0 Å². The zero-order valence-corrected chi connectivity index (χ0v) is 11.6. The van der Waals surface area contributed by atoms with E-state index in [0.717, 1.165) is 25.2 Å². The average Bonchev–Trinajstić information content (AvgIpc) is 2.47. The molecule has 19 heavy (non-hydrogen) atoms. The number of pyridine rings is 1. The first-order valence-electron chi connectivity index (χ1n) is 7.07. The number of aromatic nitrogens is 1. The van der Waals surface area contributed by atoms with Crippen LogP contribution < -0.4 is 10.2 Å². The van der Waals surface area contributed by atoms with Crippen molar-refractivity contribution in [3.8, 4) is 0 Å². The number of piperazine rings is 1. The minimum Gasteiger partial charge on any atom is -0.367 e. The molecule has 1 aliphatic heterocycles. The fourth-order valence-corrected chi connectivity index (χ4v) is 2.69. The molecule has 0 saturated carbocycles. The van der Waals surface area contributed by atoms with Crippen LogP contribution in [0.3, 0.4) is 0 Å². The van der Waals surface area contributed by atoms with Crippen molar-refractivity contribution in [1.82, 2.24) is 10.3 Å². The molecule has 0 spiro atoms. The molecule has 0 amide bonds. The van der Waals surface area contributed by atoms with Crippen molar-refractivity contribution in [1.29, 1.82) is 0 Å². The highest BCUT2D eigenvalue weighted by Gasteiger charge is 2.22. The molecule has 3 rings (SSSR count). The Morgan fingerprint density at radius 1 is 1.32 bits per heavy atom. The summed E-state index contributed by atoms with van der Waals surface area (Å²) in [7, 11) is 0. The quantitative estimate of drug-likeness (QED) is 0.894. The smallest absolute Gasteiger partial charge is 0.0703 e. The highest BCUT2D eigenvalue weighted by atomic mass is 15.2. The van der Waals surface area contributed by atoms with Crippen LogP contribution in [0.2, 0.25) is 0 Å². The van der Waals surface area contributed by atoms with Gasteiger partial charge in [0.2, 0.25) is 0 Å². The molecule has 1 saturated heterocycles. The maximum atomic E-state index is 4.56. The van der Waals surface area contributed by atoms with Gasteiger partial charge in [0.15, 0.2) is 0 Å². The Bertz CT molecular complexity index is 565. The number of hydrogen-bond acceptors (Lipinski definition) is 3. The van der Waals surface area contributed by atoms with Crippen LogP contribution in [0, 0.1) is 5.92 Å². The van der Waals surface area contributed by atoms with E-state index in [9.17, 15) is 0 Å². The summed E-state index contributed by atoms with van der Waals surface area (Å²) in [6.45, 7) is 7.73. The lowest BCUT2D eigenvalue weighted by Crippen LogP contribution is -2.53. The molecule has 3 nitrogen and oxygen atoms in total. The van der Waals surface area contributed by atoms with Gasteiger partial charge in [-0.15, -0.1) is 0 Å². The van der Waals surface area contributed by atoms with Crippen LogP contribution in [-0.2, 0) is 0 Å². The van der Waals surface area contributed by atoms with Gasteiger partial charge in [0.1, 0.15) is 0 Å². The Morgan fingerprint density at radius 3 is 3.00 bits per heavy atom. The second-order valence-electron chi connectivity index (χ2n) is 5.64. The van der Waals surface area contributed by atoms with Crippen LogP contribution in [0.4, 0.5) is 5.69 Å². The van der Waals surface area contributed by atoms with Crippen molar-refractivity contribution in [3.63, 3.8) is 0 Å². The number of nitrogens with one attached hydrogen (secondary N) is 1. The lowest BCUT2D eigenvalue weighted by molar-refractivity contribution is 0.368. The van der Waals surface area contributed by atoms with Gasteiger partial charge in [-0.1, -0.05) is 32.0 Å². The standard InChI is InChI=1S/C16H21N3/c1-12(2)16-11-19(8-7-17-16)14-9-13-5-3-4-6-15(13)18-10-14/h3-6,9-10,12,16-17H,7-8,11H2,1-2H3. The van der Waals surface area contributed by atoms with Gasteiger partial charge < -0.3 is 10.2 Å². The van der Waals surface area contributed by atoms with E-state index in [1.54, 1.807) is 0 Å². The highest BCUT2D eigenvalue weighted by Crippen LogP contribution is 2.21. The van der Waals surface area contributed by atoms with Crippen LogP contribution in [-0.4, -0.2) is 30.7 Å². The fraction of sp³-hybridized carbons (Fsp3) is 0.438. The zero-order chi connectivity index (χ0) is 13.2. The average molecular weight is 255 g/mol. The Kier molecular flexibility index (Phi) is 3.38. The molecule has 2 aromatic rings. The zero-order valence-electron chi connectivity index (χ0n) is 11.6. The predicted octanol–water partition coefficient (Wildman–Crippen LogP) is 2.67. The molecule has 1 N–H and O–H groups in total. The first-order valence-corrected chi connectivity index (χ1v) is 7.07. The molecule has 0 bridgehead atoms. The van der Waals surface area contributed by atoms with E-state index < -0.39 is 0 Å². The van der Waals surface area contributed by atoms with Gasteiger partial charge in [-0.05, 0) is 18.1 Å². The third-order valence-corrected chi connectivity index (χ3v) is 3.95. The summed E-state index contributed by atoms with van der Waals surface area (Å²) in [5, 5.41) is 4.82. The minimum absolute atomic E-state index is 0.570. The van der Waals surface area contributed by atoms with Crippen LogP contribution in [0.25, 0.3) is 10.9 Å². The maximum Gasteiger partial charge on any atom is 0.0703 e. The van der Waals surface area contributed by atoms with E-state index in [2.05, 4.69) is 53.3 Å². The van der Waals surface area contributed by atoms with E-state index in [0.29, 0.717) is 12.0 Å². The number of rotatable bonds is 2. The second kappa shape index (κ2) is 5.17. The van der Waals surface area contributed by atoms with E-state index in [4.69, 9.17) is 0 Å². The molecule has 1 fully saturated rings. The van der Waals surface area contributed by atoms with E-state index in [1.807, 2.05) is 12.3 Å². The van der Waals surface area contributed by atoms with Gasteiger partial charge >= 0.3 is 0 Å². The number of para-hydroxylation sites is 1. The summed E-state index contributed by atoms with van der Waals surface area (Å²) >= 11 is 0. The lowest BCUT2D eigenvalue weighted by atomic mass is 10.0. The highest BCUT2D eigenvalue weighted by molar-refractivity contribution is 5.81. The Morgan fingerprint density at radius 2 is 2.16 bits per heavy atom. The molecule has 1 aromatic carbocycles. The van der Waals surface area contributed by atoms with Gasteiger partial charge in [0, 0.05) is 31.1 Å². The predicted molar refractivity (Wildman–Crippen MR) is 80.6 cm³/mol. The number of fused-ring (bicyclic) bond motifs is 1. The van der Waals surface area contributed by atoms with Crippen molar-refractivity contribution in [2.45, 2.75) is 19.9 Å². The summed E-state index contributed by atoms with van der Waals surface area (Å²) in [5.74, 6) is 0.663. The van der Waals surface area contributed by atoms with Gasteiger partial charge in [0.05, 0.1) is 17.4 Å². The second-order valence-corrected chi connectivity index (χ2v) is 5.64. The lowest BCUT2D eigenvalue weighted by Gasteiger charge is -2.37. The molecular formula is C16H21N3. The number of benzene rings is 1. The Hall–Kier alpha value is -1.61. The van der Waals surface area contributed by atoms with Crippen LogP contribution >= 0.6 is 0 Å². The largest absolute Gasteiger partial charge is 0.367 e. The minimum atomic E-state index is 0.570. The third kappa shape index (κ3) is 2.56. The van der Waals surface area contributed by atoms with Crippen molar-refractivity contribution >= 4 is 16.6 Å². The Balaban J connectivity index is 1.87. The van der Waals surface area contributed by atoms with Gasteiger partial charge in [-0.2, -0.15) is 0 Å². The summed E-state index contributed by atoms with van der Waals surface area (Å²) in [5.41, 5.74) is 2.31. The number of anilines is 1. The summed E-state index contributed by atoms with van der Waals surface area (Å²) < 4.78 is 0. The Labute approximate surface area is 114 Å². The SMILES string of the molecule is CC(C)C1CN(c2cnc3ccccc3c2)CCN1. The van der Waals surface area contributed by atoms with Crippen LogP contribution in [0.5, 0.6) is 0 Å². The molecule has 0 radical (unpaired) electrons. The van der Waals surface area contributed by atoms with Crippen molar-refractivity contribution in [3.05, 3.63) is 36.5 Å². The van der Waals surface area contributed by atoms with E-state index in [-0.39, 0.29) is 0 Å². The fourth-order valence-electron chi connectivity index (χ4n) is 2.69. The van der Waals surface area contributed by atoms with Crippen molar-refractivity contribution in [2.75, 3.05) is 24.5 Å². The molecule has 0 aliphatic carbocycles. The third-order valence-electron chi connectivity index (χ3n) is 3.95. The first kappa shape index (κ1) is 12.4. The molecule has 3 heteroatoms. The maximum absolute atomic E-state index is 4.56. The monoisotopic (exact) mass is 255 g/mol. The normalized spacial score (nSPS) is 20.2. The summed E-state index contributed by atoms with van der Waals surface area (Å²) in [6, 6.07) is 11.1. The summed E-state index contributed by atoms with van der Waals surface area (Å²) in [4.78, 5) is 7.01.